The fourth-order valence-corrected chi connectivity index (χ4v) is 2.14. The summed E-state index contributed by atoms with van der Waals surface area (Å²) in [5, 5.41) is 9.53. The highest BCUT2D eigenvalue weighted by atomic mass is 19.1. The van der Waals surface area contributed by atoms with Gasteiger partial charge >= 0.3 is 0 Å². The number of ether oxygens (including phenoxy) is 1. The minimum Gasteiger partial charge on any atom is -0.488 e. The number of halogens is 1. The summed E-state index contributed by atoms with van der Waals surface area (Å²) >= 11 is 0. The number of hydrogen-bond acceptors (Lipinski definition) is 4. The molecule has 0 radical (unpaired) electrons. The fourth-order valence-electron chi connectivity index (χ4n) is 2.14. The van der Waals surface area contributed by atoms with Crippen LogP contribution in [0.5, 0.6) is 5.75 Å². The van der Waals surface area contributed by atoms with Gasteiger partial charge in [0.25, 0.3) is 0 Å². The van der Waals surface area contributed by atoms with Crippen molar-refractivity contribution in [3.05, 3.63) is 17.9 Å². The summed E-state index contributed by atoms with van der Waals surface area (Å²) in [5.74, 6) is -0.250. The van der Waals surface area contributed by atoms with E-state index in [9.17, 15) is 9.50 Å². The molecule has 4 nitrogen and oxygen atoms in total. The number of rotatable bonds is 3. The van der Waals surface area contributed by atoms with Crippen molar-refractivity contribution in [2.75, 3.05) is 23.7 Å². The minimum atomic E-state index is -0.454. The van der Waals surface area contributed by atoms with Crippen LogP contribution in [0.2, 0.25) is 0 Å². The van der Waals surface area contributed by atoms with Crippen molar-refractivity contribution < 1.29 is 14.2 Å². The molecule has 0 saturated carbocycles. The third-order valence-corrected chi connectivity index (χ3v) is 2.95. The molecule has 0 aliphatic carbocycles. The first-order valence-corrected chi connectivity index (χ1v) is 6.16. The Morgan fingerprint density at radius 2 is 2.22 bits per heavy atom. The normalized spacial score (nSPS) is 19.6. The number of β-amino-alcohol motifs (C(OH)–C–C–N with tert-alkyl or cyclic N) is 1. The van der Waals surface area contributed by atoms with E-state index in [1.165, 1.54) is 6.07 Å². The van der Waals surface area contributed by atoms with Gasteiger partial charge in [-0.3, -0.25) is 0 Å². The molecular weight excluding hydrogens is 235 g/mol. The molecule has 1 fully saturated rings. The van der Waals surface area contributed by atoms with Gasteiger partial charge < -0.3 is 20.5 Å². The van der Waals surface area contributed by atoms with E-state index in [0.717, 1.165) is 12.2 Å². The topological polar surface area (TPSA) is 58.7 Å². The second-order valence-corrected chi connectivity index (χ2v) is 4.90. The predicted molar refractivity (Wildman–Crippen MR) is 69.4 cm³/mol. The smallest absolute Gasteiger partial charge is 0.167 e. The highest BCUT2D eigenvalue weighted by Crippen LogP contribution is 2.33. The molecule has 18 heavy (non-hydrogen) atoms. The van der Waals surface area contributed by atoms with Crippen LogP contribution in [0.25, 0.3) is 0 Å². The number of aliphatic hydroxyl groups is 1. The van der Waals surface area contributed by atoms with Crippen LogP contribution in [-0.2, 0) is 0 Å². The molecule has 0 aromatic heterocycles. The van der Waals surface area contributed by atoms with Crippen LogP contribution in [0.4, 0.5) is 15.8 Å². The molecule has 2 rings (SSSR count). The summed E-state index contributed by atoms with van der Waals surface area (Å²) < 4.78 is 19.1. The Bertz CT molecular complexity index is 437. The van der Waals surface area contributed by atoms with Crippen molar-refractivity contribution in [2.45, 2.75) is 32.5 Å². The zero-order chi connectivity index (χ0) is 13.3. The fraction of sp³-hybridized carbons (Fsp3) is 0.538. The monoisotopic (exact) mass is 254 g/mol. The van der Waals surface area contributed by atoms with Crippen LogP contribution in [0, 0.1) is 5.82 Å². The van der Waals surface area contributed by atoms with Gasteiger partial charge in [-0.15, -0.1) is 0 Å². The predicted octanol–water partition coefficient (Wildman–Crippen LogP) is 1.77. The molecule has 1 aliphatic heterocycles. The Labute approximate surface area is 106 Å². The third-order valence-electron chi connectivity index (χ3n) is 2.95. The second kappa shape index (κ2) is 5.02. The van der Waals surface area contributed by atoms with E-state index in [1.54, 1.807) is 6.07 Å². The van der Waals surface area contributed by atoms with Gasteiger partial charge in [0.2, 0.25) is 0 Å². The van der Waals surface area contributed by atoms with Crippen LogP contribution in [0.15, 0.2) is 12.1 Å². The molecule has 3 N–H and O–H groups in total. The quantitative estimate of drug-likeness (QED) is 0.807. The maximum atomic E-state index is 13.7. The Hall–Kier alpha value is -1.49. The van der Waals surface area contributed by atoms with Crippen molar-refractivity contribution >= 4 is 11.4 Å². The van der Waals surface area contributed by atoms with Crippen molar-refractivity contribution in [2.24, 2.45) is 0 Å². The summed E-state index contributed by atoms with van der Waals surface area (Å²) in [7, 11) is 0. The molecule has 1 saturated heterocycles. The summed E-state index contributed by atoms with van der Waals surface area (Å²) in [6, 6.07) is 2.89. The first-order chi connectivity index (χ1) is 8.47. The van der Waals surface area contributed by atoms with Crippen LogP contribution in [-0.4, -0.2) is 30.4 Å². The van der Waals surface area contributed by atoms with Crippen molar-refractivity contribution in [1.82, 2.24) is 0 Å². The minimum absolute atomic E-state index is 0.0971. The lowest BCUT2D eigenvalue weighted by Gasteiger charge is -2.21. The average Bonchev–Trinajstić information content (AvgIpc) is 2.68. The molecule has 0 amide bonds. The molecule has 1 heterocycles. The van der Waals surface area contributed by atoms with E-state index in [-0.39, 0.29) is 18.0 Å². The Morgan fingerprint density at radius 3 is 2.78 bits per heavy atom. The molecule has 1 aliphatic rings. The molecule has 1 atom stereocenters. The Morgan fingerprint density at radius 1 is 1.50 bits per heavy atom. The van der Waals surface area contributed by atoms with Gasteiger partial charge in [0, 0.05) is 25.2 Å². The summed E-state index contributed by atoms with van der Waals surface area (Å²) in [5.41, 5.74) is 6.93. The SMILES string of the molecule is CC(C)Oc1cc(N2CCC(O)C2)c(N)cc1F. The number of benzene rings is 1. The van der Waals surface area contributed by atoms with Crippen LogP contribution >= 0.6 is 0 Å². The van der Waals surface area contributed by atoms with E-state index in [1.807, 2.05) is 18.7 Å². The zero-order valence-electron chi connectivity index (χ0n) is 10.7. The average molecular weight is 254 g/mol. The second-order valence-electron chi connectivity index (χ2n) is 4.90. The number of hydrogen-bond donors (Lipinski definition) is 2. The summed E-state index contributed by atoms with van der Waals surface area (Å²) in [6.45, 7) is 4.93. The number of nitrogen functional groups attached to an aromatic ring is 1. The molecule has 100 valence electrons. The maximum absolute atomic E-state index is 13.7. The Kier molecular flexibility index (Phi) is 3.61. The van der Waals surface area contributed by atoms with Gasteiger partial charge in [0.15, 0.2) is 11.6 Å². The van der Waals surface area contributed by atoms with Crippen LogP contribution in [0.3, 0.4) is 0 Å². The van der Waals surface area contributed by atoms with E-state index >= 15 is 0 Å². The number of nitrogens with zero attached hydrogens (tertiary/aromatic N) is 1. The first-order valence-electron chi connectivity index (χ1n) is 6.16. The zero-order valence-corrected chi connectivity index (χ0v) is 10.7. The van der Waals surface area contributed by atoms with Gasteiger partial charge in [-0.05, 0) is 20.3 Å². The largest absolute Gasteiger partial charge is 0.488 e. The molecule has 1 aromatic rings. The standard InChI is InChI=1S/C13H19FN2O2/c1-8(2)18-13-6-12(11(15)5-10(13)14)16-4-3-9(17)7-16/h5-6,8-9,17H,3-4,7,15H2,1-2H3. The lowest BCUT2D eigenvalue weighted by atomic mass is 10.2. The van der Waals surface area contributed by atoms with Crippen molar-refractivity contribution in [3.63, 3.8) is 0 Å². The van der Waals surface area contributed by atoms with E-state index in [4.69, 9.17) is 10.5 Å². The van der Waals surface area contributed by atoms with Crippen LogP contribution < -0.4 is 15.4 Å². The lowest BCUT2D eigenvalue weighted by molar-refractivity contribution is 0.198. The third kappa shape index (κ3) is 2.67. The van der Waals surface area contributed by atoms with Gasteiger partial charge in [-0.2, -0.15) is 0 Å². The van der Waals surface area contributed by atoms with Crippen molar-refractivity contribution in [3.8, 4) is 5.75 Å². The highest BCUT2D eigenvalue weighted by molar-refractivity contribution is 5.70. The molecule has 0 bridgehead atoms. The first kappa shape index (κ1) is 13.0. The van der Waals surface area contributed by atoms with Gasteiger partial charge in [0.1, 0.15) is 0 Å². The van der Waals surface area contributed by atoms with Crippen LogP contribution in [0.1, 0.15) is 20.3 Å². The van der Waals surface area contributed by atoms with E-state index < -0.39 is 5.82 Å². The van der Waals surface area contributed by atoms with E-state index in [0.29, 0.717) is 18.7 Å². The molecule has 1 unspecified atom stereocenters. The number of aliphatic hydroxyl groups excluding tert-OH is 1. The molecular formula is C13H19FN2O2. The van der Waals surface area contributed by atoms with Crippen molar-refractivity contribution in [1.29, 1.82) is 0 Å². The van der Waals surface area contributed by atoms with Gasteiger partial charge in [-0.25, -0.2) is 4.39 Å². The Balaban J connectivity index is 2.29. The maximum Gasteiger partial charge on any atom is 0.167 e. The summed E-state index contributed by atoms with van der Waals surface area (Å²) in [6.07, 6.45) is 0.265. The lowest BCUT2D eigenvalue weighted by Crippen LogP contribution is -2.22. The van der Waals surface area contributed by atoms with E-state index in [2.05, 4.69) is 0 Å². The molecule has 5 heteroatoms. The van der Waals surface area contributed by atoms with Gasteiger partial charge in [-0.1, -0.05) is 0 Å². The van der Waals surface area contributed by atoms with Gasteiger partial charge in [0.05, 0.1) is 23.6 Å². The molecule has 1 aromatic carbocycles. The highest BCUT2D eigenvalue weighted by Gasteiger charge is 2.23. The number of anilines is 2. The number of nitrogens with two attached hydrogens (primary N) is 1. The summed E-state index contributed by atoms with van der Waals surface area (Å²) in [4.78, 5) is 1.95. The molecule has 0 spiro atoms.